The molecule has 0 radical (unpaired) electrons. The van der Waals surface area contributed by atoms with Crippen LogP contribution in [-0.4, -0.2) is 18.7 Å². The average molecular weight is 187 g/mol. The molecule has 13 heavy (non-hydrogen) atoms. The lowest BCUT2D eigenvalue weighted by molar-refractivity contribution is 0.116. The number of alkyl carbamates (subject to hydrolysis) is 1. The number of hydrogen-bond acceptors (Lipinski definition) is 2. The topological polar surface area (TPSA) is 38.3 Å². The van der Waals surface area contributed by atoms with Crippen molar-refractivity contribution in [1.29, 1.82) is 0 Å². The molecule has 3 nitrogen and oxygen atoms in total. The molecule has 0 atom stereocenters. The van der Waals surface area contributed by atoms with Crippen LogP contribution >= 0.6 is 0 Å². The van der Waals surface area contributed by atoms with E-state index in [0.717, 1.165) is 0 Å². The molecule has 78 valence electrons. The summed E-state index contributed by atoms with van der Waals surface area (Å²) < 4.78 is 4.81. The number of carbonyl (C=O) groups excluding carboxylic acids is 1. The summed E-state index contributed by atoms with van der Waals surface area (Å²) in [5.41, 5.74) is 0. The summed E-state index contributed by atoms with van der Waals surface area (Å²) in [4.78, 5) is 10.8. The van der Waals surface area contributed by atoms with Crippen LogP contribution in [0.5, 0.6) is 0 Å². The van der Waals surface area contributed by atoms with Gasteiger partial charge in [0, 0.05) is 6.54 Å². The minimum atomic E-state index is -0.363. The molecule has 0 aromatic heterocycles. The monoisotopic (exact) mass is 187 g/mol. The third kappa shape index (κ3) is 13.9. The Morgan fingerprint density at radius 2 is 2.00 bits per heavy atom. The summed E-state index contributed by atoms with van der Waals surface area (Å²) in [5.74, 6) is 0. The lowest BCUT2D eigenvalue weighted by Gasteiger charge is -2.07. The van der Waals surface area contributed by atoms with Gasteiger partial charge in [-0.25, -0.2) is 4.79 Å². The van der Waals surface area contributed by atoms with Gasteiger partial charge in [0.15, 0.2) is 0 Å². The largest absolute Gasteiger partial charge is 0.447 e. The van der Waals surface area contributed by atoms with E-state index < -0.39 is 0 Å². The number of nitrogens with one attached hydrogen (secondary N) is 1. The number of hydrogen-bond donors (Lipinski definition) is 1. The molecule has 0 aromatic carbocycles. The zero-order valence-electron chi connectivity index (χ0n) is 9.26. The minimum Gasteiger partial charge on any atom is -0.447 e. The molecule has 0 fully saturated rings. The van der Waals surface area contributed by atoms with Crippen LogP contribution in [0.15, 0.2) is 12.2 Å². The van der Waals surface area contributed by atoms with Gasteiger partial charge in [0.25, 0.3) is 0 Å². The smallest absolute Gasteiger partial charge is 0.407 e. The molecule has 1 amide bonds. The Balaban J connectivity index is 0. The summed E-state index contributed by atoms with van der Waals surface area (Å²) in [6.45, 7) is 10.1. The van der Waals surface area contributed by atoms with Gasteiger partial charge in [-0.1, -0.05) is 26.0 Å². The molecule has 3 heteroatoms. The van der Waals surface area contributed by atoms with E-state index in [-0.39, 0.29) is 12.2 Å². The Kier molecular flexibility index (Phi) is 12.3. The first-order valence-corrected chi connectivity index (χ1v) is 4.72. The van der Waals surface area contributed by atoms with Crippen LogP contribution in [0.1, 0.15) is 34.6 Å². The van der Waals surface area contributed by atoms with Crippen LogP contribution in [0.2, 0.25) is 0 Å². The maximum Gasteiger partial charge on any atom is 0.407 e. The normalized spacial score (nSPS) is 9.38. The van der Waals surface area contributed by atoms with Crippen molar-refractivity contribution in [2.24, 2.45) is 0 Å². The second kappa shape index (κ2) is 11.0. The Labute approximate surface area is 81.2 Å². The van der Waals surface area contributed by atoms with E-state index in [1.807, 2.05) is 46.8 Å². The quantitative estimate of drug-likeness (QED) is 0.690. The van der Waals surface area contributed by atoms with E-state index in [1.54, 1.807) is 0 Å². The summed E-state index contributed by atoms with van der Waals surface area (Å²) in [5, 5.41) is 2.57. The Bertz CT molecular complexity index is 142. The average Bonchev–Trinajstić information content (AvgIpc) is 2.07. The second-order valence-corrected chi connectivity index (χ2v) is 2.40. The van der Waals surface area contributed by atoms with Gasteiger partial charge < -0.3 is 10.1 Å². The number of ether oxygens (including phenoxy) is 1. The maximum absolute atomic E-state index is 10.8. The molecular weight excluding hydrogens is 166 g/mol. The third-order valence-electron chi connectivity index (χ3n) is 0.943. The van der Waals surface area contributed by atoms with Gasteiger partial charge in [0.1, 0.15) is 0 Å². The zero-order valence-corrected chi connectivity index (χ0v) is 9.26. The molecule has 0 aliphatic rings. The van der Waals surface area contributed by atoms with E-state index in [2.05, 4.69) is 5.32 Å². The number of rotatable bonds is 3. The van der Waals surface area contributed by atoms with Gasteiger partial charge in [-0.2, -0.15) is 0 Å². The molecule has 0 aliphatic carbocycles. The Morgan fingerprint density at radius 1 is 1.46 bits per heavy atom. The van der Waals surface area contributed by atoms with Gasteiger partial charge in [-0.05, 0) is 20.8 Å². The summed E-state index contributed by atoms with van der Waals surface area (Å²) in [6, 6.07) is 0. The van der Waals surface area contributed by atoms with Crippen molar-refractivity contribution in [2.75, 3.05) is 6.54 Å². The summed E-state index contributed by atoms with van der Waals surface area (Å²) in [7, 11) is 0. The molecule has 0 saturated carbocycles. The highest BCUT2D eigenvalue weighted by atomic mass is 16.6. The molecule has 0 heterocycles. The standard InChI is InChI=1S/C8H15NO2.C2H6/c1-4-5-6-9-8(10)11-7(2)3;1-2/h4-5,7H,6H2,1-3H3,(H,9,10);1-2H3/b5-4+;. The van der Waals surface area contributed by atoms with Crippen molar-refractivity contribution in [3.05, 3.63) is 12.2 Å². The molecule has 0 aromatic rings. The molecule has 1 N–H and O–H groups in total. The van der Waals surface area contributed by atoms with Gasteiger partial charge in [0.05, 0.1) is 6.10 Å². The summed E-state index contributed by atoms with van der Waals surface area (Å²) >= 11 is 0. The van der Waals surface area contributed by atoms with Gasteiger partial charge in [-0.3, -0.25) is 0 Å². The van der Waals surface area contributed by atoms with Crippen molar-refractivity contribution in [3.63, 3.8) is 0 Å². The zero-order chi connectivity index (χ0) is 10.7. The summed E-state index contributed by atoms with van der Waals surface area (Å²) in [6.07, 6.45) is 3.30. The maximum atomic E-state index is 10.8. The number of carbonyl (C=O) groups is 1. The first-order chi connectivity index (χ1) is 6.16. The van der Waals surface area contributed by atoms with E-state index in [0.29, 0.717) is 6.54 Å². The first-order valence-electron chi connectivity index (χ1n) is 4.72. The fourth-order valence-corrected chi connectivity index (χ4v) is 0.516. The predicted molar refractivity (Wildman–Crippen MR) is 55.8 cm³/mol. The lowest BCUT2D eigenvalue weighted by Crippen LogP contribution is -2.26. The van der Waals surface area contributed by atoms with Crippen LogP contribution in [0.4, 0.5) is 4.79 Å². The lowest BCUT2D eigenvalue weighted by atomic mass is 10.5. The van der Waals surface area contributed by atoms with Crippen molar-refractivity contribution in [3.8, 4) is 0 Å². The predicted octanol–water partition coefficient (Wildman–Crippen LogP) is 2.72. The van der Waals surface area contributed by atoms with Gasteiger partial charge in [-0.15, -0.1) is 0 Å². The van der Waals surface area contributed by atoms with Crippen LogP contribution in [0.3, 0.4) is 0 Å². The number of amides is 1. The second-order valence-electron chi connectivity index (χ2n) is 2.40. The SMILES string of the molecule is C/C=C/CNC(=O)OC(C)C.CC. The molecule has 0 unspecified atom stereocenters. The van der Waals surface area contributed by atoms with Crippen molar-refractivity contribution < 1.29 is 9.53 Å². The van der Waals surface area contributed by atoms with E-state index in [9.17, 15) is 4.79 Å². The van der Waals surface area contributed by atoms with Gasteiger partial charge in [0.2, 0.25) is 0 Å². The van der Waals surface area contributed by atoms with E-state index >= 15 is 0 Å². The van der Waals surface area contributed by atoms with Crippen LogP contribution < -0.4 is 5.32 Å². The van der Waals surface area contributed by atoms with E-state index in [4.69, 9.17) is 4.74 Å². The third-order valence-corrected chi connectivity index (χ3v) is 0.943. The molecule has 0 rings (SSSR count). The van der Waals surface area contributed by atoms with Crippen molar-refractivity contribution >= 4 is 6.09 Å². The van der Waals surface area contributed by atoms with Crippen LogP contribution in [-0.2, 0) is 4.74 Å². The highest BCUT2D eigenvalue weighted by molar-refractivity contribution is 5.67. The molecule has 0 saturated heterocycles. The number of allylic oxidation sites excluding steroid dienone is 1. The van der Waals surface area contributed by atoms with Crippen LogP contribution in [0.25, 0.3) is 0 Å². The van der Waals surface area contributed by atoms with Crippen LogP contribution in [0, 0.1) is 0 Å². The first kappa shape index (κ1) is 14.5. The minimum absolute atomic E-state index is 0.0550. The Hall–Kier alpha value is -0.990. The fraction of sp³-hybridized carbons (Fsp3) is 0.700. The molecule has 0 spiro atoms. The van der Waals surface area contributed by atoms with E-state index in [1.165, 1.54) is 0 Å². The van der Waals surface area contributed by atoms with Gasteiger partial charge >= 0.3 is 6.09 Å². The Morgan fingerprint density at radius 3 is 2.38 bits per heavy atom. The highest BCUT2D eigenvalue weighted by Gasteiger charge is 2.00. The van der Waals surface area contributed by atoms with Crippen molar-refractivity contribution in [1.82, 2.24) is 5.32 Å². The van der Waals surface area contributed by atoms with Crippen molar-refractivity contribution in [2.45, 2.75) is 40.7 Å². The highest BCUT2D eigenvalue weighted by Crippen LogP contribution is 1.87. The fourth-order valence-electron chi connectivity index (χ4n) is 0.516. The molecule has 0 aliphatic heterocycles. The molecule has 0 bridgehead atoms. The molecular formula is C10H21NO2.